The number of rotatable bonds is 3. The van der Waals surface area contributed by atoms with E-state index in [0.717, 1.165) is 12.0 Å². The van der Waals surface area contributed by atoms with Gasteiger partial charge in [0.05, 0.1) is 29.0 Å². The van der Waals surface area contributed by atoms with Crippen LogP contribution in [-0.2, 0) is 29.2 Å². The fraction of sp³-hybridized carbons (Fsp3) is 0.667. The van der Waals surface area contributed by atoms with Crippen molar-refractivity contribution in [3.63, 3.8) is 0 Å². The van der Waals surface area contributed by atoms with Crippen LogP contribution >= 0.6 is 0 Å². The molecule has 1 amide bonds. The van der Waals surface area contributed by atoms with Crippen molar-refractivity contribution in [3.8, 4) is 11.5 Å². The Bertz CT molecular complexity index is 970. The molecule has 5 rings (SSSR count). The Kier molecular flexibility index (Phi) is 4.44. The molecule has 0 N–H and O–H groups in total. The van der Waals surface area contributed by atoms with E-state index in [4.69, 9.17) is 23.7 Å². The van der Waals surface area contributed by atoms with Gasteiger partial charge >= 0.3 is 5.97 Å². The zero-order valence-electron chi connectivity index (χ0n) is 19.5. The molecule has 174 valence electrons. The summed E-state index contributed by atoms with van der Waals surface area (Å²) in [6.45, 7) is 11.7. The van der Waals surface area contributed by atoms with Gasteiger partial charge in [0.2, 0.25) is 13.2 Å². The Morgan fingerprint density at radius 3 is 2.59 bits per heavy atom. The number of esters is 1. The smallest absolute Gasteiger partial charge is 0.311 e. The number of likely N-dealkylation sites (tertiary alicyclic amines) is 1. The summed E-state index contributed by atoms with van der Waals surface area (Å²) < 4.78 is 30.3. The number of amides is 1. The number of nitrogens with zero attached hydrogens (tertiary/aromatic N) is 1. The second-order valence-electron chi connectivity index (χ2n) is 11.0. The normalized spacial score (nSPS) is 36.7. The molecule has 1 aromatic rings. The van der Waals surface area contributed by atoms with Gasteiger partial charge in [-0.1, -0.05) is 6.07 Å². The van der Waals surface area contributed by atoms with Gasteiger partial charge in [-0.25, -0.2) is 0 Å². The van der Waals surface area contributed by atoms with Gasteiger partial charge in [0.15, 0.2) is 17.3 Å². The van der Waals surface area contributed by atoms with Crippen LogP contribution in [-0.4, -0.2) is 60.3 Å². The van der Waals surface area contributed by atoms with E-state index in [0.29, 0.717) is 24.5 Å². The first kappa shape index (κ1) is 21.5. The molecule has 3 aliphatic heterocycles. The molecular formula is C24H31NO7. The lowest BCUT2D eigenvalue weighted by Crippen LogP contribution is -2.54. The summed E-state index contributed by atoms with van der Waals surface area (Å²) in [5.74, 6) is 0.176. The van der Waals surface area contributed by atoms with Crippen LogP contribution in [0.15, 0.2) is 18.2 Å². The highest BCUT2D eigenvalue weighted by atomic mass is 16.8. The lowest BCUT2D eigenvalue weighted by molar-refractivity contribution is -0.179. The molecule has 2 saturated heterocycles. The van der Waals surface area contributed by atoms with E-state index in [-0.39, 0.29) is 18.8 Å². The van der Waals surface area contributed by atoms with Gasteiger partial charge < -0.3 is 28.6 Å². The van der Waals surface area contributed by atoms with Crippen molar-refractivity contribution in [1.82, 2.24) is 4.90 Å². The van der Waals surface area contributed by atoms with Gasteiger partial charge in [-0.15, -0.1) is 0 Å². The zero-order valence-corrected chi connectivity index (χ0v) is 19.5. The first-order valence-electron chi connectivity index (χ1n) is 11.1. The first-order valence-corrected chi connectivity index (χ1v) is 11.1. The van der Waals surface area contributed by atoms with Gasteiger partial charge in [-0.2, -0.15) is 0 Å². The van der Waals surface area contributed by atoms with E-state index in [1.807, 2.05) is 59.7 Å². The summed E-state index contributed by atoms with van der Waals surface area (Å²) >= 11 is 0. The lowest BCUT2D eigenvalue weighted by Gasteiger charge is -2.40. The highest BCUT2D eigenvalue weighted by Gasteiger charge is 2.75. The van der Waals surface area contributed by atoms with E-state index in [1.165, 1.54) is 0 Å². The van der Waals surface area contributed by atoms with Crippen LogP contribution in [0.3, 0.4) is 0 Å². The first-order chi connectivity index (χ1) is 14.9. The number of hydrogen-bond acceptors (Lipinski definition) is 7. The standard InChI is InChI=1S/C24H31NO7/c1-21(2,3)20(27)30-18-11-25(12-26)17-10-23(6)19(31-22(4,5)32-23)24(17,18)14-7-8-15-16(9-14)29-13-28-15/h7-9,12,17-19H,10-11,13H2,1-6H3/t17-,18-,19-,23-,24+/m0/s1. The molecule has 1 aromatic carbocycles. The Hall–Kier alpha value is -2.32. The summed E-state index contributed by atoms with van der Waals surface area (Å²) in [5, 5.41) is 0. The van der Waals surface area contributed by atoms with Gasteiger partial charge in [0, 0.05) is 6.42 Å². The topological polar surface area (TPSA) is 83.5 Å². The molecule has 0 spiro atoms. The second kappa shape index (κ2) is 6.60. The molecule has 0 unspecified atom stereocenters. The number of benzene rings is 1. The molecule has 5 atom stereocenters. The van der Waals surface area contributed by atoms with E-state index in [2.05, 4.69) is 0 Å². The minimum Gasteiger partial charge on any atom is -0.459 e. The number of ether oxygens (including phenoxy) is 5. The van der Waals surface area contributed by atoms with E-state index in [9.17, 15) is 9.59 Å². The minimum atomic E-state index is -0.814. The summed E-state index contributed by atoms with van der Waals surface area (Å²) in [4.78, 5) is 26.9. The highest BCUT2D eigenvalue weighted by molar-refractivity contribution is 5.76. The van der Waals surface area contributed by atoms with Crippen LogP contribution in [0, 0.1) is 5.41 Å². The van der Waals surface area contributed by atoms with Crippen molar-refractivity contribution in [2.24, 2.45) is 5.41 Å². The third kappa shape index (κ3) is 2.88. The zero-order chi connectivity index (χ0) is 23.1. The van der Waals surface area contributed by atoms with Gasteiger partial charge in [-0.3, -0.25) is 9.59 Å². The number of carbonyl (C=O) groups excluding carboxylic acids is 2. The van der Waals surface area contributed by atoms with Crippen molar-refractivity contribution in [2.45, 2.75) is 83.0 Å². The van der Waals surface area contributed by atoms with Crippen LogP contribution in [0.4, 0.5) is 0 Å². The molecule has 4 aliphatic rings. The number of hydrogen-bond donors (Lipinski definition) is 0. The molecule has 1 saturated carbocycles. The van der Waals surface area contributed by atoms with Crippen LogP contribution in [0.1, 0.15) is 53.5 Å². The maximum atomic E-state index is 13.0. The van der Waals surface area contributed by atoms with Crippen molar-refractivity contribution in [1.29, 1.82) is 0 Å². The summed E-state index contributed by atoms with van der Waals surface area (Å²) in [6.07, 6.45) is 0.372. The van der Waals surface area contributed by atoms with E-state index in [1.54, 1.807) is 4.90 Å². The van der Waals surface area contributed by atoms with Crippen molar-refractivity contribution >= 4 is 12.4 Å². The molecule has 0 aromatic heterocycles. The molecule has 0 radical (unpaired) electrons. The van der Waals surface area contributed by atoms with Crippen LogP contribution < -0.4 is 9.47 Å². The summed E-state index contributed by atoms with van der Waals surface area (Å²) in [7, 11) is 0. The SMILES string of the molecule is CC1(C)O[C@@H]2[C@@]3(c4ccc5c(c4)OCO5)[C@@H](OC(=O)C(C)(C)C)CN(C=O)[C@H]3C[C@]2(C)O1. The second-order valence-corrected chi connectivity index (χ2v) is 11.0. The van der Waals surface area contributed by atoms with E-state index >= 15 is 0 Å². The van der Waals surface area contributed by atoms with Crippen molar-refractivity contribution in [2.75, 3.05) is 13.3 Å². The largest absolute Gasteiger partial charge is 0.459 e. The van der Waals surface area contributed by atoms with Crippen molar-refractivity contribution < 1.29 is 33.3 Å². The Morgan fingerprint density at radius 1 is 1.19 bits per heavy atom. The molecular weight excluding hydrogens is 414 g/mol. The molecule has 8 nitrogen and oxygen atoms in total. The van der Waals surface area contributed by atoms with Crippen LogP contribution in [0.25, 0.3) is 0 Å². The molecule has 8 heteroatoms. The monoisotopic (exact) mass is 445 g/mol. The third-order valence-electron chi connectivity index (χ3n) is 7.20. The lowest BCUT2D eigenvalue weighted by atomic mass is 9.70. The third-order valence-corrected chi connectivity index (χ3v) is 7.20. The molecule has 1 aliphatic carbocycles. The Morgan fingerprint density at radius 2 is 1.91 bits per heavy atom. The maximum Gasteiger partial charge on any atom is 0.311 e. The maximum absolute atomic E-state index is 13.0. The Balaban J connectivity index is 1.69. The average molecular weight is 446 g/mol. The summed E-state index contributed by atoms with van der Waals surface area (Å²) in [5.41, 5.74) is -1.27. The molecule has 32 heavy (non-hydrogen) atoms. The predicted molar refractivity (Wildman–Crippen MR) is 113 cm³/mol. The highest BCUT2D eigenvalue weighted by Crippen LogP contribution is 2.62. The average Bonchev–Trinajstić information content (AvgIpc) is 3.38. The van der Waals surface area contributed by atoms with E-state index < -0.39 is 34.4 Å². The van der Waals surface area contributed by atoms with Crippen LogP contribution in [0.2, 0.25) is 0 Å². The summed E-state index contributed by atoms with van der Waals surface area (Å²) in [6, 6.07) is 5.51. The van der Waals surface area contributed by atoms with Gasteiger partial charge in [0.1, 0.15) is 12.2 Å². The van der Waals surface area contributed by atoms with Crippen molar-refractivity contribution in [3.05, 3.63) is 23.8 Å². The van der Waals surface area contributed by atoms with Gasteiger partial charge in [0.25, 0.3) is 0 Å². The number of fused-ring (bicyclic) bond motifs is 4. The molecule has 3 fully saturated rings. The quantitative estimate of drug-likeness (QED) is 0.523. The fourth-order valence-corrected chi connectivity index (χ4v) is 6.02. The fourth-order valence-electron chi connectivity index (χ4n) is 6.02. The molecule has 3 heterocycles. The Labute approximate surface area is 188 Å². The predicted octanol–water partition coefficient (Wildman–Crippen LogP) is 2.77. The molecule has 0 bridgehead atoms. The number of carbonyl (C=O) groups is 2. The van der Waals surface area contributed by atoms with Crippen LogP contribution in [0.5, 0.6) is 11.5 Å². The minimum absolute atomic E-state index is 0.159. The van der Waals surface area contributed by atoms with Gasteiger partial charge in [-0.05, 0) is 59.2 Å².